The number of alkyl carbamates (subject to hydrolysis) is 1. The normalized spacial score (nSPS) is 13.3. The van der Waals surface area contributed by atoms with Crippen LogP contribution in [0.2, 0.25) is 0 Å². The number of aryl methyl sites for hydroxylation is 1. The number of nitrogens with zero attached hydrogens (tertiary/aromatic N) is 6. The van der Waals surface area contributed by atoms with Crippen LogP contribution in [0, 0.1) is 5.82 Å². The molecule has 0 bridgehead atoms. The van der Waals surface area contributed by atoms with Crippen LogP contribution in [-0.2, 0) is 39.6 Å². The maximum Gasteiger partial charge on any atom is 0.410 e. The number of aromatic nitrogens is 4. The highest BCUT2D eigenvalue weighted by Gasteiger charge is 2.30. The van der Waals surface area contributed by atoms with E-state index in [1.165, 1.54) is 21.8 Å². The van der Waals surface area contributed by atoms with Gasteiger partial charge in [-0.15, -0.1) is 5.10 Å². The molecule has 6 rings (SSSR count). The minimum atomic E-state index is -1.39. The van der Waals surface area contributed by atoms with Crippen LogP contribution in [-0.4, -0.2) is 92.4 Å². The summed E-state index contributed by atoms with van der Waals surface area (Å²) in [5.41, 5.74) is 5.94. The Hall–Kier alpha value is -7.51. The quantitative estimate of drug-likeness (QED) is 0.0848. The molecule has 1 saturated heterocycles. The molecule has 6 N–H and O–H groups in total. The molecule has 0 spiro atoms. The summed E-state index contributed by atoms with van der Waals surface area (Å²) < 4.78 is 29.3. The maximum atomic E-state index is 15.3. The summed E-state index contributed by atoms with van der Waals surface area (Å²) in [5.74, 6) is -2.48. The van der Waals surface area contributed by atoms with Crippen molar-refractivity contribution in [3.63, 3.8) is 0 Å². The number of piperazine rings is 1. The average molecular weight is 869 g/mol. The van der Waals surface area contributed by atoms with E-state index in [1.54, 1.807) is 60.7 Å². The molecule has 5 amide bonds. The van der Waals surface area contributed by atoms with Crippen molar-refractivity contribution in [2.24, 2.45) is 5.73 Å². The van der Waals surface area contributed by atoms with Crippen LogP contribution in [0.25, 0.3) is 10.9 Å². The summed E-state index contributed by atoms with van der Waals surface area (Å²) in [6.45, 7) is 6.88. The van der Waals surface area contributed by atoms with Gasteiger partial charge in [0.1, 0.15) is 36.3 Å². The summed E-state index contributed by atoms with van der Waals surface area (Å²) in [6.07, 6.45) is 2.22. The van der Waals surface area contributed by atoms with Gasteiger partial charge in [0.05, 0.1) is 22.9 Å². The van der Waals surface area contributed by atoms with Crippen molar-refractivity contribution < 1.29 is 42.9 Å². The van der Waals surface area contributed by atoms with Crippen molar-refractivity contribution in [2.75, 3.05) is 42.9 Å². The van der Waals surface area contributed by atoms with Gasteiger partial charge in [-0.3, -0.25) is 9.59 Å². The zero-order chi connectivity index (χ0) is 45.3. The number of urea groups is 1. The first kappa shape index (κ1) is 45.0. The molecule has 0 radical (unpaired) electrons. The number of hydrogen-bond donors (Lipinski definition) is 5. The number of hydrogen-bond acceptors (Lipinski definition) is 11. The molecule has 1 aliphatic heterocycles. The lowest BCUT2D eigenvalue weighted by Crippen LogP contribution is -2.49. The van der Waals surface area contributed by atoms with Crippen molar-refractivity contribution in [3.8, 4) is 0 Å². The average Bonchev–Trinajstić information content (AvgIpc) is 3.77. The third-order valence-electron chi connectivity index (χ3n) is 10.5. The molecule has 19 nitrogen and oxygen atoms in total. The van der Waals surface area contributed by atoms with Gasteiger partial charge in [-0.1, -0.05) is 47.7 Å². The summed E-state index contributed by atoms with van der Waals surface area (Å²) in [7, 11) is 0. The number of anilines is 2. The van der Waals surface area contributed by atoms with Crippen LogP contribution in [0.3, 0.4) is 0 Å². The second kappa shape index (κ2) is 19.9. The Kier molecular flexibility index (Phi) is 14.2. The van der Waals surface area contributed by atoms with Gasteiger partial charge in [0, 0.05) is 56.5 Å². The van der Waals surface area contributed by atoms with Gasteiger partial charge in [0.2, 0.25) is 11.3 Å². The molecule has 0 saturated carbocycles. The molecule has 3 heterocycles. The van der Waals surface area contributed by atoms with E-state index >= 15 is 4.39 Å². The summed E-state index contributed by atoms with van der Waals surface area (Å²) in [5, 5.41) is 26.0. The van der Waals surface area contributed by atoms with Crippen molar-refractivity contribution in [2.45, 2.75) is 65.0 Å². The van der Waals surface area contributed by atoms with E-state index in [4.69, 9.17) is 15.2 Å². The monoisotopic (exact) mass is 868 g/mol. The molecule has 1 atom stereocenters. The zero-order valence-electron chi connectivity index (χ0n) is 35.0. The van der Waals surface area contributed by atoms with Crippen LogP contribution in [0.4, 0.5) is 30.1 Å². The fraction of sp³-hybridized carbons (Fsp3) is 0.349. The molecule has 1 fully saturated rings. The third kappa shape index (κ3) is 11.3. The number of fused-ring (bicyclic) bond motifs is 1. The number of pyridine rings is 1. The van der Waals surface area contributed by atoms with Gasteiger partial charge in [-0.25, -0.2) is 28.3 Å². The number of nitrogens with one attached hydrogen (secondary N) is 3. The second-order valence-corrected chi connectivity index (χ2v) is 15.3. The molecule has 20 heteroatoms. The van der Waals surface area contributed by atoms with Crippen molar-refractivity contribution in [1.29, 1.82) is 0 Å². The predicted octanol–water partition coefficient (Wildman–Crippen LogP) is 4.70. The topological polar surface area (TPSA) is 245 Å². The van der Waals surface area contributed by atoms with Crippen molar-refractivity contribution in [3.05, 3.63) is 118 Å². The lowest BCUT2D eigenvalue weighted by Gasteiger charge is -2.35. The Labute approximate surface area is 360 Å². The van der Waals surface area contributed by atoms with Crippen molar-refractivity contribution >= 4 is 52.4 Å². The maximum absolute atomic E-state index is 15.3. The summed E-state index contributed by atoms with van der Waals surface area (Å²) >= 11 is 0. The summed E-state index contributed by atoms with van der Waals surface area (Å²) in [4.78, 5) is 78.2. The number of benzene rings is 3. The number of carbonyl (C=O) groups excluding carboxylic acids is 4. The van der Waals surface area contributed by atoms with Gasteiger partial charge < -0.3 is 50.6 Å². The molecular formula is C43H49FN10O9. The van der Waals surface area contributed by atoms with E-state index in [0.29, 0.717) is 35.4 Å². The van der Waals surface area contributed by atoms with Crippen LogP contribution >= 0.6 is 0 Å². The first-order valence-corrected chi connectivity index (χ1v) is 20.2. The molecule has 63 heavy (non-hydrogen) atoms. The minimum Gasteiger partial charge on any atom is -0.477 e. The Bertz CT molecular complexity index is 2520. The van der Waals surface area contributed by atoms with Gasteiger partial charge in [-0.05, 0) is 69.0 Å². The van der Waals surface area contributed by atoms with Crippen LogP contribution < -0.4 is 32.0 Å². The van der Waals surface area contributed by atoms with Gasteiger partial charge >= 0.3 is 24.2 Å². The van der Waals surface area contributed by atoms with Crippen molar-refractivity contribution in [1.82, 2.24) is 35.1 Å². The molecular weight excluding hydrogens is 820 g/mol. The second-order valence-electron chi connectivity index (χ2n) is 15.3. The van der Waals surface area contributed by atoms with Crippen LogP contribution in [0.5, 0.6) is 0 Å². The Morgan fingerprint density at radius 3 is 2.29 bits per heavy atom. The molecule has 5 aromatic rings. The van der Waals surface area contributed by atoms with E-state index in [2.05, 4.69) is 26.3 Å². The number of primary amides is 1. The first-order chi connectivity index (χ1) is 30.1. The SMILES string of the molecule is CCn1cc(C(=O)O)c(=O)c2cc(F)c(N3CCN(C(=O)OCc4ccc(NC(=O)[C@H](CCCNC(N)=O)n5cc(C(C)(C)NC(=O)OCc6ccccc6)nn5)cc4)CC3)cc21. The molecule has 2 aromatic heterocycles. The van der Waals surface area contributed by atoms with Crippen LogP contribution in [0.1, 0.15) is 66.8 Å². The van der Waals surface area contributed by atoms with E-state index in [0.717, 1.165) is 11.6 Å². The van der Waals surface area contributed by atoms with E-state index in [1.807, 2.05) is 30.3 Å². The third-order valence-corrected chi connectivity index (χ3v) is 10.5. The summed E-state index contributed by atoms with van der Waals surface area (Å²) in [6, 6.07) is 17.0. The molecule has 332 valence electrons. The number of carbonyl (C=O) groups is 5. The Morgan fingerprint density at radius 2 is 1.62 bits per heavy atom. The lowest BCUT2D eigenvalue weighted by molar-refractivity contribution is -0.119. The van der Waals surface area contributed by atoms with E-state index in [9.17, 15) is 33.9 Å². The Morgan fingerprint density at radius 1 is 0.937 bits per heavy atom. The van der Waals surface area contributed by atoms with Crippen LogP contribution in [0.15, 0.2) is 83.9 Å². The minimum absolute atomic E-state index is 0.0255. The molecule has 1 aliphatic rings. The number of nitrogens with two attached hydrogens (primary N) is 1. The predicted molar refractivity (Wildman–Crippen MR) is 229 cm³/mol. The lowest BCUT2D eigenvalue weighted by atomic mass is 10.0. The number of rotatable bonds is 16. The van der Waals surface area contributed by atoms with Gasteiger partial charge in [-0.2, -0.15) is 0 Å². The standard InChI is InChI=1S/C43H49FN10O9/c1-4-51-23-31(39(57)58)37(55)30-21-32(44)35(22-34(30)51)52-17-19-53(20-18-52)42(61)63-26-28-12-14-29(15-13-28)47-38(56)33(11-8-16-46-40(45)59)54-24-36(49-50-54)43(2,3)48-41(60)62-25-27-9-6-5-7-10-27/h5-7,9-10,12-15,21-24,33H,4,8,11,16-20,25-26H2,1-3H3,(H,47,56)(H,48,60)(H,57,58)(H3,45,46,59)/t33-/m0/s1. The number of amides is 5. The highest BCUT2D eigenvalue weighted by molar-refractivity contribution is 5.94. The number of carboxylic acid groups (broad SMARTS) is 1. The number of carboxylic acids is 1. The number of aromatic carboxylic acids is 1. The fourth-order valence-electron chi connectivity index (χ4n) is 7.02. The Balaban J connectivity index is 1.03. The molecule has 0 aliphatic carbocycles. The number of halogens is 1. The zero-order valence-corrected chi connectivity index (χ0v) is 35.0. The highest BCUT2D eigenvalue weighted by Crippen LogP contribution is 2.27. The molecule has 3 aromatic carbocycles. The van der Waals surface area contributed by atoms with E-state index < -0.39 is 58.5 Å². The van der Waals surface area contributed by atoms with Gasteiger partial charge in [0.15, 0.2) is 0 Å². The fourth-order valence-corrected chi connectivity index (χ4v) is 7.02. The largest absolute Gasteiger partial charge is 0.477 e. The first-order valence-electron chi connectivity index (χ1n) is 20.2. The smallest absolute Gasteiger partial charge is 0.410 e. The molecule has 0 unspecified atom stereocenters. The van der Waals surface area contributed by atoms with Gasteiger partial charge in [0.25, 0.3) is 0 Å². The number of ether oxygens (including phenoxy) is 2. The highest BCUT2D eigenvalue weighted by atomic mass is 19.1. The van der Waals surface area contributed by atoms with E-state index in [-0.39, 0.29) is 63.4 Å².